The predicted octanol–water partition coefficient (Wildman–Crippen LogP) is 1.69. The van der Waals surface area contributed by atoms with E-state index in [0.717, 1.165) is 12.8 Å². The van der Waals surface area contributed by atoms with Crippen LogP contribution in [0, 0.1) is 5.92 Å². The smallest absolute Gasteiger partial charge is 0.322 e. The first-order chi connectivity index (χ1) is 8.06. The highest BCUT2D eigenvalue weighted by Crippen LogP contribution is 2.32. The third-order valence-electron chi connectivity index (χ3n) is 2.95. The fraction of sp³-hybridized carbons (Fsp3) is 0.500. The number of aryl methyl sites for hydroxylation is 1. The second kappa shape index (κ2) is 4.87. The molecular formula is C12H15NO3S. The molecule has 1 aliphatic carbocycles. The molecule has 92 valence electrons. The second-order valence-corrected chi connectivity index (χ2v) is 5.62. The van der Waals surface area contributed by atoms with Crippen molar-refractivity contribution in [2.45, 2.75) is 26.2 Å². The minimum Gasteiger partial charge on any atom is -0.480 e. The first-order valence-corrected chi connectivity index (χ1v) is 6.49. The van der Waals surface area contributed by atoms with Crippen molar-refractivity contribution >= 4 is 23.2 Å². The molecule has 2 rings (SSSR count). The number of nitrogens with one attached hydrogen (secondary N) is 1. The van der Waals surface area contributed by atoms with Crippen molar-refractivity contribution in [3.63, 3.8) is 0 Å². The van der Waals surface area contributed by atoms with Crippen LogP contribution in [-0.2, 0) is 17.6 Å². The third kappa shape index (κ3) is 2.85. The van der Waals surface area contributed by atoms with Crippen LogP contribution in [0.1, 0.15) is 33.5 Å². The molecule has 0 saturated carbocycles. The van der Waals surface area contributed by atoms with E-state index >= 15 is 0 Å². The lowest BCUT2D eigenvalue weighted by atomic mass is 9.90. The largest absolute Gasteiger partial charge is 0.480 e. The Hall–Kier alpha value is -1.36. The van der Waals surface area contributed by atoms with Gasteiger partial charge in [-0.05, 0) is 36.8 Å². The molecule has 1 aliphatic rings. The average Bonchev–Trinajstić information content (AvgIpc) is 2.68. The molecule has 2 N–H and O–H groups in total. The Bertz CT molecular complexity index is 453. The topological polar surface area (TPSA) is 66.4 Å². The van der Waals surface area contributed by atoms with Crippen molar-refractivity contribution in [1.29, 1.82) is 0 Å². The van der Waals surface area contributed by atoms with Gasteiger partial charge in [-0.2, -0.15) is 0 Å². The zero-order valence-electron chi connectivity index (χ0n) is 9.66. The summed E-state index contributed by atoms with van der Waals surface area (Å²) in [4.78, 5) is 24.0. The Balaban J connectivity index is 2.07. The number of fused-ring (bicyclic) bond motifs is 1. The van der Waals surface area contributed by atoms with Gasteiger partial charge in [0, 0.05) is 4.88 Å². The van der Waals surface area contributed by atoms with Crippen LogP contribution in [-0.4, -0.2) is 23.5 Å². The zero-order valence-corrected chi connectivity index (χ0v) is 10.5. The van der Waals surface area contributed by atoms with E-state index in [2.05, 4.69) is 12.2 Å². The average molecular weight is 253 g/mol. The molecule has 0 aromatic carbocycles. The summed E-state index contributed by atoms with van der Waals surface area (Å²) in [5, 5.41) is 10.9. The van der Waals surface area contributed by atoms with E-state index < -0.39 is 5.97 Å². The number of carboxylic acids is 1. The molecule has 0 spiro atoms. The number of hydrogen-bond acceptors (Lipinski definition) is 3. The fourth-order valence-corrected chi connectivity index (χ4v) is 3.19. The summed E-state index contributed by atoms with van der Waals surface area (Å²) in [6, 6.07) is 1.91. The standard InChI is InChI=1S/C12H15NO3S/c1-7-2-3-9-8(4-7)5-10(17-9)12(16)13-6-11(14)15/h5,7H,2-4,6H2,1H3,(H,13,16)(H,14,15). The lowest BCUT2D eigenvalue weighted by Crippen LogP contribution is -2.28. The Morgan fingerprint density at radius 1 is 1.59 bits per heavy atom. The van der Waals surface area contributed by atoms with Crippen molar-refractivity contribution in [1.82, 2.24) is 5.32 Å². The molecule has 4 nitrogen and oxygen atoms in total. The van der Waals surface area contributed by atoms with Gasteiger partial charge in [-0.1, -0.05) is 6.92 Å². The molecule has 1 atom stereocenters. The van der Waals surface area contributed by atoms with Gasteiger partial charge in [0.05, 0.1) is 4.88 Å². The summed E-state index contributed by atoms with van der Waals surface area (Å²) >= 11 is 1.49. The van der Waals surface area contributed by atoms with Crippen LogP contribution in [0.3, 0.4) is 0 Å². The maximum absolute atomic E-state index is 11.7. The molecule has 0 fully saturated rings. The van der Waals surface area contributed by atoms with Gasteiger partial charge in [0.25, 0.3) is 5.91 Å². The molecule has 1 unspecified atom stereocenters. The van der Waals surface area contributed by atoms with Gasteiger partial charge < -0.3 is 10.4 Å². The fourth-order valence-electron chi connectivity index (χ4n) is 2.06. The quantitative estimate of drug-likeness (QED) is 0.861. The minimum atomic E-state index is -1.02. The Kier molecular flexibility index (Phi) is 3.47. The number of aliphatic carboxylic acids is 1. The third-order valence-corrected chi connectivity index (χ3v) is 4.19. The lowest BCUT2D eigenvalue weighted by Gasteiger charge is -2.16. The van der Waals surface area contributed by atoms with Crippen LogP contribution >= 0.6 is 11.3 Å². The Labute approximate surface area is 104 Å². The van der Waals surface area contributed by atoms with Crippen molar-refractivity contribution < 1.29 is 14.7 Å². The minimum absolute atomic E-state index is 0.278. The van der Waals surface area contributed by atoms with E-state index in [9.17, 15) is 9.59 Å². The molecule has 17 heavy (non-hydrogen) atoms. The van der Waals surface area contributed by atoms with Crippen molar-refractivity contribution in [2.24, 2.45) is 5.92 Å². The molecule has 1 aromatic rings. The molecule has 1 aromatic heterocycles. The molecule has 0 aliphatic heterocycles. The van der Waals surface area contributed by atoms with E-state index in [1.165, 1.54) is 28.2 Å². The number of rotatable bonds is 3. The van der Waals surface area contributed by atoms with Crippen LogP contribution in [0.15, 0.2) is 6.07 Å². The van der Waals surface area contributed by atoms with Gasteiger partial charge in [-0.3, -0.25) is 9.59 Å². The van der Waals surface area contributed by atoms with Gasteiger partial charge in [0.15, 0.2) is 0 Å². The van der Waals surface area contributed by atoms with Gasteiger partial charge in [-0.15, -0.1) is 11.3 Å². The Morgan fingerprint density at radius 2 is 2.35 bits per heavy atom. The first-order valence-electron chi connectivity index (χ1n) is 5.68. The van der Waals surface area contributed by atoms with Crippen molar-refractivity contribution in [3.05, 3.63) is 21.4 Å². The van der Waals surface area contributed by atoms with Gasteiger partial charge in [-0.25, -0.2) is 0 Å². The summed E-state index contributed by atoms with van der Waals surface area (Å²) < 4.78 is 0. The van der Waals surface area contributed by atoms with Crippen LogP contribution in [0.4, 0.5) is 0 Å². The molecule has 5 heteroatoms. The summed E-state index contributed by atoms with van der Waals surface area (Å²) in [6.07, 6.45) is 3.23. The maximum atomic E-state index is 11.7. The van der Waals surface area contributed by atoms with Crippen LogP contribution < -0.4 is 5.32 Å². The normalized spacial score (nSPS) is 18.5. The van der Waals surface area contributed by atoms with Crippen LogP contribution in [0.5, 0.6) is 0 Å². The predicted molar refractivity (Wildman–Crippen MR) is 65.5 cm³/mol. The molecule has 0 saturated heterocycles. The monoisotopic (exact) mass is 253 g/mol. The Morgan fingerprint density at radius 3 is 3.06 bits per heavy atom. The first kappa shape index (κ1) is 12.1. The van der Waals surface area contributed by atoms with E-state index in [1.54, 1.807) is 0 Å². The van der Waals surface area contributed by atoms with Crippen molar-refractivity contribution in [2.75, 3.05) is 6.54 Å². The number of carboxylic acid groups (broad SMARTS) is 1. The second-order valence-electron chi connectivity index (χ2n) is 4.48. The van der Waals surface area contributed by atoms with Gasteiger partial charge in [0.1, 0.15) is 6.54 Å². The van der Waals surface area contributed by atoms with Crippen LogP contribution in [0.25, 0.3) is 0 Å². The summed E-state index contributed by atoms with van der Waals surface area (Å²) in [6.45, 7) is 1.89. The van der Waals surface area contributed by atoms with E-state index in [0.29, 0.717) is 10.8 Å². The highest BCUT2D eigenvalue weighted by Gasteiger charge is 2.20. The number of thiophene rings is 1. The highest BCUT2D eigenvalue weighted by molar-refractivity contribution is 7.14. The van der Waals surface area contributed by atoms with Gasteiger partial charge in [0.2, 0.25) is 0 Å². The lowest BCUT2D eigenvalue weighted by molar-refractivity contribution is -0.135. The molecule has 0 bridgehead atoms. The number of carbonyl (C=O) groups excluding carboxylic acids is 1. The zero-order chi connectivity index (χ0) is 12.4. The summed E-state index contributed by atoms with van der Waals surface area (Å²) in [5.41, 5.74) is 1.26. The number of hydrogen-bond donors (Lipinski definition) is 2. The molecular weight excluding hydrogens is 238 g/mol. The molecule has 0 radical (unpaired) electrons. The number of carbonyl (C=O) groups is 2. The number of amides is 1. The van der Waals surface area contributed by atoms with Crippen LogP contribution in [0.2, 0.25) is 0 Å². The molecule has 1 amide bonds. The van der Waals surface area contributed by atoms with Gasteiger partial charge >= 0.3 is 5.97 Å². The van der Waals surface area contributed by atoms with Crippen molar-refractivity contribution in [3.8, 4) is 0 Å². The van der Waals surface area contributed by atoms with E-state index in [1.807, 2.05) is 6.07 Å². The summed E-state index contributed by atoms with van der Waals surface area (Å²) in [7, 11) is 0. The van der Waals surface area contributed by atoms with E-state index in [-0.39, 0.29) is 12.5 Å². The summed E-state index contributed by atoms with van der Waals surface area (Å²) in [5.74, 6) is -0.625. The maximum Gasteiger partial charge on any atom is 0.322 e. The van der Waals surface area contributed by atoms with E-state index in [4.69, 9.17) is 5.11 Å². The molecule has 1 heterocycles. The highest BCUT2D eigenvalue weighted by atomic mass is 32.1. The SMILES string of the molecule is CC1CCc2sc(C(=O)NCC(=O)O)cc2C1.